The number of carbonyl (C=O) groups excluding carboxylic acids is 1. The van der Waals surface area contributed by atoms with Gasteiger partial charge in [-0.25, -0.2) is 0 Å². The van der Waals surface area contributed by atoms with E-state index >= 15 is 0 Å². The van der Waals surface area contributed by atoms with Crippen molar-refractivity contribution in [2.45, 2.75) is 13.0 Å². The highest BCUT2D eigenvalue weighted by Crippen LogP contribution is 2.16. The zero-order valence-electron chi connectivity index (χ0n) is 13.8. The molecule has 5 nitrogen and oxygen atoms in total. The highest BCUT2D eigenvalue weighted by molar-refractivity contribution is 6.31. The lowest BCUT2D eigenvalue weighted by molar-refractivity contribution is 0.0765. The van der Waals surface area contributed by atoms with Gasteiger partial charge < -0.3 is 14.8 Å². The summed E-state index contributed by atoms with van der Waals surface area (Å²) in [5, 5.41) is 3.89. The number of nitrogens with zero attached hydrogens (tertiary/aromatic N) is 2. The largest absolute Gasteiger partial charge is 0.337 e. The zero-order chi connectivity index (χ0) is 16.9. The summed E-state index contributed by atoms with van der Waals surface area (Å²) < 4.78 is 1.53. The molecule has 7 heteroatoms. The van der Waals surface area contributed by atoms with E-state index in [9.17, 15) is 9.59 Å². The summed E-state index contributed by atoms with van der Waals surface area (Å²) >= 11 is 6.17. The first-order valence-electron chi connectivity index (χ1n) is 8.09. The molecule has 0 aliphatic carbocycles. The second kappa shape index (κ2) is 9.04. The van der Waals surface area contributed by atoms with E-state index in [-0.39, 0.29) is 23.9 Å². The van der Waals surface area contributed by atoms with Gasteiger partial charge in [0.05, 0.1) is 12.1 Å². The average molecular weight is 382 g/mol. The smallest absolute Gasteiger partial charge is 0.255 e. The minimum atomic E-state index is -0.149. The minimum Gasteiger partial charge on any atom is -0.337 e. The number of hydrogen-bond acceptors (Lipinski definition) is 3. The first kappa shape index (κ1) is 19.5. The molecule has 2 aromatic rings. The quantitative estimate of drug-likeness (QED) is 0.887. The average Bonchev–Trinajstić information content (AvgIpc) is 2.87. The fraction of sp³-hybridized carbons (Fsp3) is 0.333. The van der Waals surface area contributed by atoms with Crippen LogP contribution in [0.15, 0.2) is 47.4 Å². The molecule has 1 aromatic carbocycles. The standard InChI is InChI=1S/C18H20ClN3O2.ClH/c19-16-5-2-1-4-14(16)12-22-13-15(6-7-17(22)23)18(24)21-10-3-8-20-9-11-21;/h1-2,4-7,13,20H,3,8-12H2;1H. The van der Waals surface area contributed by atoms with E-state index in [0.29, 0.717) is 23.7 Å². The van der Waals surface area contributed by atoms with Crippen molar-refractivity contribution in [3.8, 4) is 0 Å². The highest BCUT2D eigenvalue weighted by Gasteiger charge is 2.18. The first-order chi connectivity index (χ1) is 11.6. The predicted molar refractivity (Wildman–Crippen MR) is 102 cm³/mol. The van der Waals surface area contributed by atoms with E-state index < -0.39 is 0 Å². The molecule has 1 aliphatic heterocycles. The molecule has 0 unspecified atom stereocenters. The van der Waals surface area contributed by atoms with Gasteiger partial charge in [-0.05, 0) is 30.7 Å². The zero-order valence-corrected chi connectivity index (χ0v) is 15.4. The van der Waals surface area contributed by atoms with Crippen LogP contribution in [0.4, 0.5) is 0 Å². The van der Waals surface area contributed by atoms with Crippen molar-refractivity contribution in [2.24, 2.45) is 0 Å². The topological polar surface area (TPSA) is 54.3 Å². The highest BCUT2D eigenvalue weighted by atomic mass is 35.5. The van der Waals surface area contributed by atoms with Crippen LogP contribution >= 0.6 is 24.0 Å². The molecular weight excluding hydrogens is 361 g/mol. The van der Waals surface area contributed by atoms with Gasteiger partial charge in [0.2, 0.25) is 0 Å². The van der Waals surface area contributed by atoms with E-state index in [1.54, 1.807) is 18.3 Å². The van der Waals surface area contributed by atoms with Crippen LogP contribution < -0.4 is 10.9 Å². The van der Waals surface area contributed by atoms with E-state index in [1.165, 1.54) is 10.6 Å². The van der Waals surface area contributed by atoms with Gasteiger partial charge in [0.25, 0.3) is 11.5 Å². The van der Waals surface area contributed by atoms with Gasteiger partial charge in [-0.15, -0.1) is 12.4 Å². The Morgan fingerprint density at radius 1 is 1.12 bits per heavy atom. The van der Waals surface area contributed by atoms with E-state index in [2.05, 4.69) is 5.32 Å². The second-order valence-electron chi connectivity index (χ2n) is 5.87. The van der Waals surface area contributed by atoms with Crippen LogP contribution in [0.2, 0.25) is 5.02 Å². The molecule has 1 saturated heterocycles. The van der Waals surface area contributed by atoms with Crippen LogP contribution in [0.5, 0.6) is 0 Å². The van der Waals surface area contributed by atoms with Gasteiger partial charge in [0, 0.05) is 36.9 Å². The lowest BCUT2D eigenvalue weighted by Crippen LogP contribution is -2.35. The van der Waals surface area contributed by atoms with Crippen molar-refractivity contribution in [3.05, 3.63) is 69.1 Å². The molecule has 0 bridgehead atoms. The summed E-state index contributed by atoms with van der Waals surface area (Å²) in [7, 11) is 0. The molecule has 2 heterocycles. The lowest BCUT2D eigenvalue weighted by atomic mass is 10.2. The summed E-state index contributed by atoms with van der Waals surface area (Å²) in [6.45, 7) is 3.49. The predicted octanol–water partition coefficient (Wildman–Crippen LogP) is 2.41. The molecular formula is C18H21Cl2N3O2. The Balaban J connectivity index is 0.00000225. The van der Waals surface area contributed by atoms with Gasteiger partial charge in [-0.2, -0.15) is 0 Å². The Morgan fingerprint density at radius 2 is 1.92 bits per heavy atom. The van der Waals surface area contributed by atoms with E-state index in [4.69, 9.17) is 11.6 Å². The van der Waals surface area contributed by atoms with Crippen LogP contribution in [0, 0.1) is 0 Å². The number of nitrogens with one attached hydrogen (secondary N) is 1. The maximum atomic E-state index is 12.7. The van der Waals surface area contributed by atoms with Gasteiger partial charge in [0.1, 0.15) is 0 Å². The van der Waals surface area contributed by atoms with Gasteiger partial charge >= 0.3 is 0 Å². The van der Waals surface area contributed by atoms with Gasteiger partial charge in [-0.1, -0.05) is 29.8 Å². The number of halogens is 2. The molecule has 3 rings (SSSR count). The molecule has 0 saturated carbocycles. The molecule has 0 spiro atoms. The van der Waals surface area contributed by atoms with Crippen molar-refractivity contribution in [2.75, 3.05) is 26.2 Å². The Bertz CT molecular complexity index is 784. The summed E-state index contributed by atoms with van der Waals surface area (Å²) in [6, 6.07) is 10.4. The Morgan fingerprint density at radius 3 is 2.72 bits per heavy atom. The molecule has 1 aliphatic rings. The van der Waals surface area contributed by atoms with Crippen molar-refractivity contribution >= 4 is 29.9 Å². The van der Waals surface area contributed by atoms with Crippen LogP contribution in [0.1, 0.15) is 22.3 Å². The van der Waals surface area contributed by atoms with Crippen molar-refractivity contribution in [1.82, 2.24) is 14.8 Å². The number of amides is 1. The summed E-state index contributed by atoms with van der Waals surface area (Å²) in [4.78, 5) is 26.7. The molecule has 1 N–H and O–H groups in total. The maximum Gasteiger partial charge on any atom is 0.255 e. The molecule has 134 valence electrons. The van der Waals surface area contributed by atoms with E-state index in [0.717, 1.165) is 31.6 Å². The third-order valence-electron chi connectivity index (χ3n) is 4.16. The molecule has 25 heavy (non-hydrogen) atoms. The maximum absolute atomic E-state index is 12.7. The lowest BCUT2D eigenvalue weighted by Gasteiger charge is -2.20. The monoisotopic (exact) mass is 381 g/mol. The van der Waals surface area contributed by atoms with Crippen molar-refractivity contribution < 1.29 is 4.79 Å². The summed E-state index contributed by atoms with van der Waals surface area (Å²) in [5.74, 6) is -0.0355. The first-order valence-corrected chi connectivity index (χ1v) is 8.47. The molecule has 1 fully saturated rings. The molecule has 1 amide bonds. The van der Waals surface area contributed by atoms with Crippen LogP contribution in [0.25, 0.3) is 0 Å². The fourth-order valence-corrected chi connectivity index (χ4v) is 3.02. The van der Waals surface area contributed by atoms with Gasteiger partial charge in [0.15, 0.2) is 0 Å². The van der Waals surface area contributed by atoms with Crippen molar-refractivity contribution in [1.29, 1.82) is 0 Å². The van der Waals surface area contributed by atoms with Crippen LogP contribution in [0.3, 0.4) is 0 Å². The SMILES string of the molecule is Cl.O=C(c1ccc(=O)n(Cc2ccccc2Cl)c1)N1CCCNCC1. The van der Waals surface area contributed by atoms with Gasteiger partial charge in [-0.3, -0.25) is 9.59 Å². The summed E-state index contributed by atoms with van der Waals surface area (Å²) in [5.41, 5.74) is 1.23. The number of benzene rings is 1. The number of hydrogen-bond donors (Lipinski definition) is 1. The van der Waals surface area contributed by atoms with Crippen LogP contribution in [-0.4, -0.2) is 41.6 Å². The number of pyridine rings is 1. The second-order valence-corrected chi connectivity index (χ2v) is 6.28. The van der Waals surface area contributed by atoms with Crippen molar-refractivity contribution in [3.63, 3.8) is 0 Å². The Labute approximate surface area is 158 Å². The normalized spacial score (nSPS) is 14.5. The molecule has 1 aromatic heterocycles. The number of carbonyl (C=O) groups is 1. The Hall–Kier alpha value is -1.82. The number of rotatable bonds is 3. The van der Waals surface area contributed by atoms with E-state index in [1.807, 2.05) is 23.1 Å². The Kier molecular flexibility index (Phi) is 7.05. The minimum absolute atomic E-state index is 0. The third-order valence-corrected chi connectivity index (χ3v) is 4.52. The van der Waals surface area contributed by atoms with Crippen LogP contribution in [-0.2, 0) is 6.54 Å². The molecule has 0 radical (unpaired) electrons. The fourth-order valence-electron chi connectivity index (χ4n) is 2.82. The molecule has 0 atom stereocenters. The summed E-state index contributed by atoms with van der Waals surface area (Å²) in [6.07, 6.45) is 2.57. The number of aromatic nitrogens is 1. The third kappa shape index (κ3) is 4.84.